The molecule has 8 nitrogen and oxygen atoms in total. The maximum atomic E-state index is 13.3. The number of fused-ring (bicyclic) bond motifs is 1. The second kappa shape index (κ2) is 9.96. The molecular formula is C24H25N3O5. The summed E-state index contributed by atoms with van der Waals surface area (Å²) in [5.41, 5.74) is 5.90. The van der Waals surface area contributed by atoms with Crippen LogP contribution in [0.1, 0.15) is 30.1 Å². The van der Waals surface area contributed by atoms with E-state index in [0.717, 1.165) is 10.8 Å². The minimum absolute atomic E-state index is 0.0784. The molecule has 1 aliphatic heterocycles. The predicted molar refractivity (Wildman–Crippen MR) is 118 cm³/mol. The zero-order valence-corrected chi connectivity index (χ0v) is 18.1. The molecule has 1 heterocycles. The molecule has 0 aliphatic carbocycles. The Kier molecular flexibility index (Phi) is 7.11. The number of allylic oxidation sites excluding steroid dienone is 1. The zero-order chi connectivity index (χ0) is 23.3. The summed E-state index contributed by atoms with van der Waals surface area (Å²) in [6, 6.07) is 12.7. The van der Waals surface area contributed by atoms with Gasteiger partial charge in [0, 0.05) is 29.7 Å². The first-order valence-corrected chi connectivity index (χ1v) is 10.3. The van der Waals surface area contributed by atoms with Crippen molar-refractivity contribution < 1.29 is 23.9 Å². The standard InChI is InChI=1S/C24H25N3O5/c1-15(26)20(12-25)21(28)14-32-24(30)16-6-5-11-27(13-16)23(29)19-9-10-22(31-2)18-8-4-3-7-17(18)19/h3-4,7-10,16H,5-6,11,13-14,26H2,1-2H3/b20-15-. The van der Waals surface area contributed by atoms with E-state index in [2.05, 4.69) is 0 Å². The van der Waals surface area contributed by atoms with Crippen LogP contribution in [0.4, 0.5) is 0 Å². The Bertz CT molecular complexity index is 1130. The van der Waals surface area contributed by atoms with Crippen molar-refractivity contribution in [1.82, 2.24) is 4.90 Å². The SMILES string of the molecule is COc1ccc(C(=O)N2CCCC(C(=O)OCC(=O)/C(C#N)=C(/C)N)C2)c2ccccc12. The maximum Gasteiger partial charge on any atom is 0.311 e. The Labute approximate surface area is 186 Å². The minimum Gasteiger partial charge on any atom is -0.496 e. The molecule has 166 valence electrons. The fourth-order valence-electron chi connectivity index (χ4n) is 3.86. The molecule has 2 N–H and O–H groups in total. The molecule has 0 saturated carbocycles. The van der Waals surface area contributed by atoms with E-state index in [0.29, 0.717) is 30.7 Å². The van der Waals surface area contributed by atoms with Crippen LogP contribution in [-0.2, 0) is 14.3 Å². The van der Waals surface area contributed by atoms with Crippen molar-refractivity contribution in [1.29, 1.82) is 5.26 Å². The van der Waals surface area contributed by atoms with E-state index in [1.165, 1.54) is 6.92 Å². The number of rotatable bonds is 6. The summed E-state index contributed by atoms with van der Waals surface area (Å²) in [5.74, 6) is -1.25. The number of nitrogens with two attached hydrogens (primary N) is 1. The van der Waals surface area contributed by atoms with Gasteiger partial charge in [0.1, 0.15) is 17.4 Å². The summed E-state index contributed by atoms with van der Waals surface area (Å²) in [7, 11) is 1.58. The number of esters is 1. The zero-order valence-electron chi connectivity index (χ0n) is 18.1. The molecule has 1 amide bonds. The molecule has 0 aromatic heterocycles. The number of likely N-dealkylation sites (tertiary alicyclic amines) is 1. The van der Waals surface area contributed by atoms with E-state index in [1.54, 1.807) is 30.2 Å². The number of hydrogen-bond acceptors (Lipinski definition) is 7. The predicted octanol–water partition coefficient (Wildman–Crippen LogP) is 2.57. The van der Waals surface area contributed by atoms with Gasteiger partial charge in [0.2, 0.25) is 5.78 Å². The summed E-state index contributed by atoms with van der Waals surface area (Å²) in [6.45, 7) is 1.61. The van der Waals surface area contributed by atoms with Crippen molar-refractivity contribution in [2.24, 2.45) is 11.7 Å². The number of ketones is 1. The molecule has 1 atom stereocenters. The van der Waals surface area contributed by atoms with Gasteiger partial charge in [-0.1, -0.05) is 24.3 Å². The molecule has 1 fully saturated rings. The average molecular weight is 435 g/mol. The molecule has 1 aliphatic rings. The first-order valence-electron chi connectivity index (χ1n) is 10.3. The van der Waals surface area contributed by atoms with Crippen molar-refractivity contribution in [3.05, 3.63) is 53.2 Å². The highest BCUT2D eigenvalue weighted by molar-refractivity contribution is 6.08. The van der Waals surface area contributed by atoms with E-state index in [1.807, 2.05) is 24.3 Å². The second-order valence-electron chi connectivity index (χ2n) is 7.65. The number of benzene rings is 2. The number of amides is 1. The Morgan fingerprint density at radius 1 is 1.19 bits per heavy atom. The number of carbonyl (C=O) groups is 3. The van der Waals surface area contributed by atoms with E-state index in [9.17, 15) is 14.4 Å². The van der Waals surface area contributed by atoms with Crippen LogP contribution in [-0.4, -0.2) is 49.4 Å². The third kappa shape index (κ3) is 4.72. The smallest absolute Gasteiger partial charge is 0.311 e. The van der Waals surface area contributed by atoms with E-state index < -0.39 is 24.3 Å². The number of methoxy groups -OCH3 is 1. The molecule has 2 aromatic carbocycles. The number of piperidine rings is 1. The van der Waals surface area contributed by atoms with Crippen LogP contribution < -0.4 is 10.5 Å². The lowest BCUT2D eigenvalue weighted by molar-refractivity contribution is -0.152. The van der Waals surface area contributed by atoms with Crippen molar-refractivity contribution in [2.75, 3.05) is 26.8 Å². The first-order chi connectivity index (χ1) is 15.4. The third-order valence-corrected chi connectivity index (χ3v) is 5.51. The Balaban J connectivity index is 1.71. The molecule has 1 saturated heterocycles. The van der Waals surface area contributed by atoms with Crippen LogP contribution in [0.2, 0.25) is 0 Å². The maximum absolute atomic E-state index is 13.3. The Morgan fingerprint density at radius 2 is 1.91 bits per heavy atom. The quantitative estimate of drug-likeness (QED) is 0.420. The molecule has 1 unspecified atom stereocenters. The van der Waals surface area contributed by atoms with Gasteiger partial charge in [0.05, 0.1) is 13.0 Å². The summed E-state index contributed by atoms with van der Waals surface area (Å²) in [4.78, 5) is 39.5. The minimum atomic E-state index is -0.644. The first kappa shape index (κ1) is 22.8. The highest BCUT2D eigenvalue weighted by Crippen LogP contribution is 2.30. The third-order valence-electron chi connectivity index (χ3n) is 5.51. The lowest BCUT2D eigenvalue weighted by Crippen LogP contribution is -2.43. The van der Waals surface area contributed by atoms with Gasteiger partial charge in [-0.05, 0) is 37.3 Å². The van der Waals surface area contributed by atoms with Crippen molar-refractivity contribution >= 4 is 28.4 Å². The van der Waals surface area contributed by atoms with Gasteiger partial charge in [-0.3, -0.25) is 14.4 Å². The van der Waals surface area contributed by atoms with Crippen molar-refractivity contribution in [3.63, 3.8) is 0 Å². The number of hydrogen-bond donors (Lipinski definition) is 1. The molecular weight excluding hydrogens is 410 g/mol. The summed E-state index contributed by atoms with van der Waals surface area (Å²) >= 11 is 0. The fraction of sp³-hybridized carbons (Fsp3) is 0.333. The molecule has 0 radical (unpaired) electrons. The second-order valence-corrected chi connectivity index (χ2v) is 7.65. The van der Waals surface area contributed by atoms with Crippen molar-refractivity contribution in [2.45, 2.75) is 19.8 Å². The lowest BCUT2D eigenvalue weighted by atomic mass is 9.96. The highest BCUT2D eigenvalue weighted by atomic mass is 16.5. The summed E-state index contributed by atoms with van der Waals surface area (Å²) in [6.07, 6.45) is 1.19. The van der Waals surface area contributed by atoms with Gasteiger partial charge in [0.25, 0.3) is 5.91 Å². The van der Waals surface area contributed by atoms with Crippen LogP contribution in [0.3, 0.4) is 0 Å². The van der Waals surface area contributed by atoms with Crippen LogP contribution in [0, 0.1) is 17.2 Å². The number of ether oxygens (including phenoxy) is 2. The average Bonchev–Trinajstić information content (AvgIpc) is 2.81. The Morgan fingerprint density at radius 3 is 2.56 bits per heavy atom. The van der Waals surface area contributed by atoms with Gasteiger partial charge in [-0.2, -0.15) is 5.26 Å². The van der Waals surface area contributed by atoms with Gasteiger partial charge < -0.3 is 20.1 Å². The highest BCUT2D eigenvalue weighted by Gasteiger charge is 2.31. The fourth-order valence-corrected chi connectivity index (χ4v) is 3.86. The lowest BCUT2D eigenvalue weighted by Gasteiger charge is -2.32. The van der Waals surface area contributed by atoms with Gasteiger partial charge in [-0.25, -0.2) is 0 Å². The van der Waals surface area contributed by atoms with Crippen LogP contribution in [0.5, 0.6) is 5.75 Å². The molecule has 32 heavy (non-hydrogen) atoms. The van der Waals surface area contributed by atoms with Crippen molar-refractivity contribution in [3.8, 4) is 11.8 Å². The van der Waals surface area contributed by atoms with E-state index in [-0.39, 0.29) is 23.7 Å². The van der Waals surface area contributed by atoms with Gasteiger partial charge >= 0.3 is 5.97 Å². The number of nitrogens with zero attached hydrogens (tertiary/aromatic N) is 2. The molecule has 8 heteroatoms. The number of nitriles is 1. The largest absolute Gasteiger partial charge is 0.496 e. The summed E-state index contributed by atoms with van der Waals surface area (Å²) < 4.78 is 10.5. The van der Waals surface area contributed by atoms with Gasteiger partial charge in [-0.15, -0.1) is 0 Å². The molecule has 2 aromatic rings. The number of carbonyl (C=O) groups excluding carboxylic acids is 3. The van der Waals surface area contributed by atoms with Gasteiger partial charge in [0.15, 0.2) is 6.61 Å². The van der Waals surface area contributed by atoms with Crippen LogP contribution in [0.15, 0.2) is 47.7 Å². The topological polar surface area (TPSA) is 123 Å². The number of Topliss-reactive ketones (excluding diaryl/α,β-unsaturated/α-hetero) is 1. The van der Waals surface area contributed by atoms with Crippen LogP contribution in [0.25, 0.3) is 10.8 Å². The molecule has 3 rings (SSSR count). The molecule has 0 bridgehead atoms. The monoisotopic (exact) mass is 435 g/mol. The van der Waals surface area contributed by atoms with Crippen LogP contribution >= 0.6 is 0 Å². The molecule has 0 spiro atoms. The summed E-state index contributed by atoms with van der Waals surface area (Å²) in [5, 5.41) is 10.6. The Hall–Kier alpha value is -3.86. The normalized spacial score (nSPS) is 16.7. The van der Waals surface area contributed by atoms with E-state index in [4.69, 9.17) is 20.5 Å². The van der Waals surface area contributed by atoms with E-state index >= 15 is 0 Å².